The van der Waals surface area contributed by atoms with Crippen LogP contribution in [0, 0.1) is 0 Å². The van der Waals surface area contributed by atoms with Gasteiger partial charge in [-0.15, -0.1) is 0 Å². The first-order valence-corrected chi connectivity index (χ1v) is 41.1. The zero-order valence-corrected chi connectivity index (χ0v) is 74.0. The van der Waals surface area contributed by atoms with Gasteiger partial charge in [0.2, 0.25) is 0 Å². The Labute approximate surface area is 713 Å². The summed E-state index contributed by atoms with van der Waals surface area (Å²) in [5.74, 6) is 0. The Balaban J connectivity index is 0.946. The van der Waals surface area contributed by atoms with Gasteiger partial charge in [-0.1, -0.05) is 36.4 Å². The van der Waals surface area contributed by atoms with Crippen molar-refractivity contribution in [1.82, 2.24) is 0 Å². The van der Waals surface area contributed by atoms with E-state index in [2.05, 4.69) is 0 Å². The van der Waals surface area contributed by atoms with Crippen molar-refractivity contribution >= 4 is 10.8 Å². The Bertz CT molecular complexity index is 3320. The number of rotatable bonds is 30. The lowest BCUT2D eigenvalue weighted by molar-refractivity contribution is -0.411. The molecule has 40 atom stereocenters. The monoisotopic (exact) mass is 1760 g/mol. The molecule has 33 rings (SSSR count). The number of benzene rings is 2. The molecular weight excluding hydrogens is 1620 g/mol. The molecule has 700 valence electrons. The highest BCUT2D eigenvalue weighted by Gasteiger charge is 2.64. The van der Waals surface area contributed by atoms with E-state index in [1.807, 2.05) is 36.4 Å². The number of methoxy groups -OCH3 is 22. The van der Waals surface area contributed by atoms with E-state index in [4.69, 9.17) is 189 Å². The van der Waals surface area contributed by atoms with Crippen molar-refractivity contribution in [2.45, 2.75) is 259 Å². The second-order valence-corrected chi connectivity index (χ2v) is 31.1. The first-order valence-electron chi connectivity index (χ1n) is 41.1. The van der Waals surface area contributed by atoms with Crippen molar-refractivity contribution in [1.29, 1.82) is 0 Å². The van der Waals surface area contributed by atoms with E-state index in [-0.39, 0.29) is 66.1 Å². The third-order valence-electron chi connectivity index (χ3n) is 24.5. The molecule has 0 aromatic heterocycles. The zero-order valence-electron chi connectivity index (χ0n) is 74.0. The number of hydrogen-bond acceptors (Lipinski definition) is 40. The van der Waals surface area contributed by atoms with Crippen molar-refractivity contribution in [2.75, 3.05) is 209 Å². The molecular formula is C82H132O40. The third kappa shape index (κ3) is 20.9. The van der Waals surface area contributed by atoms with Crippen LogP contribution >= 0.6 is 0 Å². The van der Waals surface area contributed by atoms with Crippen LogP contribution in [-0.4, -0.2) is 455 Å². The van der Waals surface area contributed by atoms with Gasteiger partial charge in [0.15, 0.2) is 50.3 Å². The van der Waals surface area contributed by atoms with E-state index in [9.17, 15) is 0 Å². The summed E-state index contributed by atoms with van der Waals surface area (Å²) in [4.78, 5) is 0. The first kappa shape index (κ1) is 98.1. The van der Waals surface area contributed by atoms with E-state index in [0.717, 1.165) is 21.9 Å². The summed E-state index contributed by atoms with van der Waals surface area (Å²) < 4.78 is 266. The smallest absolute Gasteiger partial charge is 0.187 e. The molecule has 0 N–H and O–H groups in total. The van der Waals surface area contributed by atoms with Gasteiger partial charge in [-0.25, -0.2) is 0 Å². The molecule has 40 heteroatoms. The molecule has 0 spiro atoms. The van der Waals surface area contributed by atoms with E-state index in [1.54, 1.807) is 7.11 Å². The summed E-state index contributed by atoms with van der Waals surface area (Å²) in [6, 6.07) is 12.1. The van der Waals surface area contributed by atoms with Crippen LogP contribution in [0.15, 0.2) is 36.4 Å². The molecule has 0 amide bonds. The second kappa shape index (κ2) is 47.3. The van der Waals surface area contributed by atoms with Gasteiger partial charge in [-0.2, -0.15) is 0 Å². The Hall–Kier alpha value is -2.90. The molecule has 16 bridgehead atoms. The van der Waals surface area contributed by atoms with Crippen LogP contribution in [0.25, 0.3) is 10.8 Å². The standard InChI is InChI=1S/C82H132O40/c1-83-31-42-51-59(91-9)67(98-16)75(107-42)116-52-43(32-84-2)109-77(69(100-18)60(52)92-10)118-54-45(34-86-4)111-79(71(102-20)62(54)94-12)120-56-47(36-88-6)113-81(73(104-22)64(56)96-14)122-58-49(38-90-8)114-82(74-66(58)105-29-40-27-23-25-39-26-24-28-41(30-106-74)50(39)40)121-57-48(37-89-7)112-80(72(103-21)65(57)97-15)119-55-46(35-87-5)110-78(70(101-19)63(55)95-13)117-53-44(33-85-3)108-76(115-51)68(99-17)61(53)93-11/h23-28,42-49,51-82H,29-38H2,1-22H3/t42-,43-,44-,45-,46-,47-,48-,49-,51-,52-,53-,54-,55-,56-,57-,58-,59+,60+,61+,62+,63+,64+,65+,66+,67-,68-,69-,70-,71-,72-,73-,74-,75-,76-,77-,78-,79-,80-,81-,82-/m1/s1. The number of ether oxygens (including phenoxy) is 40. The van der Waals surface area contributed by atoms with E-state index < -0.39 is 246 Å². The minimum absolute atomic E-state index is 0.0603. The fourth-order valence-corrected chi connectivity index (χ4v) is 18.9. The molecule has 0 aliphatic carbocycles. The largest absolute Gasteiger partial charge is 0.382 e. The molecule has 0 radical (unpaired) electrons. The van der Waals surface area contributed by atoms with Gasteiger partial charge in [0.1, 0.15) is 195 Å². The summed E-state index contributed by atoms with van der Waals surface area (Å²) in [7, 11) is 33.3. The van der Waals surface area contributed by atoms with Gasteiger partial charge >= 0.3 is 0 Å². The molecule has 31 aliphatic rings. The Morgan fingerprint density at radius 2 is 0.377 bits per heavy atom. The van der Waals surface area contributed by atoms with Gasteiger partial charge in [0.05, 0.1) is 66.1 Å². The second-order valence-electron chi connectivity index (χ2n) is 31.1. The summed E-state index contributed by atoms with van der Waals surface area (Å²) in [5.41, 5.74) is 1.77. The molecule has 31 aliphatic heterocycles. The van der Waals surface area contributed by atoms with Gasteiger partial charge in [-0.05, 0) is 21.9 Å². The quantitative estimate of drug-likeness (QED) is 0.105. The van der Waals surface area contributed by atoms with E-state index >= 15 is 0 Å². The van der Waals surface area contributed by atoms with Crippen LogP contribution in [0.3, 0.4) is 0 Å². The molecule has 40 nitrogen and oxygen atoms in total. The molecule has 0 saturated carbocycles. The lowest BCUT2D eigenvalue weighted by atomic mass is 9.94. The fraction of sp³-hybridized carbons (Fsp3) is 0.878. The molecule has 0 unspecified atom stereocenters. The maximum atomic E-state index is 7.39. The van der Waals surface area contributed by atoms with Crippen molar-refractivity contribution < 1.29 is 189 Å². The predicted molar refractivity (Wildman–Crippen MR) is 416 cm³/mol. The minimum atomic E-state index is -1.31. The maximum Gasteiger partial charge on any atom is 0.187 e. The Kier molecular flexibility index (Phi) is 38.0. The van der Waals surface area contributed by atoms with E-state index in [1.165, 1.54) is 149 Å². The summed E-state index contributed by atoms with van der Waals surface area (Å²) in [6.45, 7) is -0.427. The van der Waals surface area contributed by atoms with Crippen molar-refractivity contribution in [2.24, 2.45) is 0 Å². The number of hydrogen-bond donors (Lipinski definition) is 0. The Morgan fingerprint density at radius 1 is 0.197 bits per heavy atom. The molecule has 31 heterocycles. The van der Waals surface area contributed by atoms with Crippen molar-refractivity contribution in [3.8, 4) is 0 Å². The van der Waals surface area contributed by atoms with Crippen LogP contribution in [-0.2, 0) is 203 Å². The van der Waals surface area contributed by atoms with Crippen LogP contribution in [0.1, 0.15) is 11.1 Å². The van der Waals surface area contributed by atoms with E-state index in [0.29, 0.717) is 0 Å². The average Bonchev–Trinajstić information content (AvgIpc) is 1.24. The highest BCUT2D eigenvalue weighted by molar-refractivity contribution is 5.88. The third-order valence-corrected chi connectivity index (χ3v) is 24.5. The highest BCUT2D eigenvalue weighted by atomic mass is 16.8. The molecule has 122 heavy (non-hydrogen) atoms. The van der Waals surface area contributed by atoms with Crippen LogP contribution < -0.4 is 0 Å². The summed E-state index contributed by atoms with van der Waals surface area (Å²) >= 11 is 0. The van der Waals surface area contributed by atoms with Gasteiger partial charge < -0.3 is 189 Å². The van der Waals surface area contributed by atoms with Gasteiger partial charge in [0, 0.05) is 156 Å². The van der Waals surface area contributed by atoms with Crippen molar-refractivity contribution in [3.63, 3.8) is 0 Å². The molecule has 30 saturated heterocycles. The predicted octanol–water partition coefficient (Wildman–Crippen LogP) is 0.899. The minimum Gasteiger partial charge on any atom is -0.382 e. The molecule has 2 aromatic rings. The first-order chi connectivity index (χ1) is 59.5. The fourth-order valence-electron chi connectivity index (χ4n) is 18.9. The normalized spacial score (nSPS) is 43.8. The SMILES string of the molecule is COC[C@H]1O[C@@H]2O[C@H]3[C@H](OC)[C@@H](OC)[C@@H](O[C@H]4[C@H](OC)[C@@H](OC)[C@@H](O[C@H]5[C@H](OC)[C@@H](OC)[C@@H](O[C@H]6[C@@H]7OCc8cccc9cccc(c89)CO[C@H]7[C@@H](O[C@H]7[C@H](OC)[C@@H](OC)[C@@H](O[C@H]8[C@H](OC)[C@@H](OC)[C@@H](O[C@H]9[C@H](OC)[C@@H](OC)[C@@H](O[C@H]1[C@H](OC)[C@H]2OC)O[C@@H]9COC)O[C@@H]8COC)O[C@@H]7COC)O[C@@H]6COC)O[C@@H]5COC)O[C@@H]4COC)O[C@@H]3COC. The van der Waals surface area contributed by atoms with Gasteiger partial charge in [0.25, 0.3) is 0 Å². The Morgan fingerprint density at radius 3 is 0.582 bits per heavy atom. The maximum absolute atomic E-state index is 7.39. The van der Waals surface area contributed by atoms with Crippen LogP contribution in [0.4, 0.5) is 0 Å². The average molecular weight is 1760 g/mol. The van der Waals surface area contributed by atoms with Gasteiger partial charge in [-0.3, -0.25) is 0 Å². The van der Waals surface area contributed by atoms with Crippen molar-refractivity contribution in [3.05, 3.63) is 47.5 Å². The zero-order chi connectivity index (χ0) is 87.0. The summed E-state index contributed by atoms with van der Waals surface area (Å²) in [6.07, 6.45) is -43.2. The molecule has 2 aromatic carbocycles. The summed E-state index contributed by atoms with van der Waals surface area (Å²) in [5, 5.41) is 1.93. The van der Waals surface area contributed by atoms with Crippen LogP contribution in [0.5, 0.6) is 0 Å². The topological polar surface area (TPSA) is 369 Å². The molecule has 30 fully saturated rings. The lowest BCUT2D eigenvalue weighted by Gasteiger charge is -2.53. The van der Waals surface area contributed by atoms with Crippen LogP contribution in [0.2, 0.25) is 0 Å². The lowest BCUT2D eigenvalue weighted by Crippen LogP contribution is -2.70. The highest BCUT2D eigenvalue weighted by Crippen LogP contribution is 2.45.